The maximum atomic E-state index is 10.2. The molecule has 0 rings (SSSR count). The number of ether oxygens (including phenoxy) is 1. The lowest BCUT2D eigenvalue weighted by Crippen LogP contribution is -2.39. The summed E-state index contributed by atoms with van der Waals surface area (Å²) in [5, 5.41) is 26.8. The number of amides is 1. The molecule has 0 aromatic rings. The van der Waals surface area contributed by atoms with Gasteiger partial charge in [-0.1, -0.05) is 0 Å². The van der Waals surface area contributed by atoms with Gasteiger partial charge in [0.1, 0.15) is 12.7 Å². The van der Waals surface area contributed by atoms with Crippen molar-refractivity contribution in [1.29, 1.82) is 0 Å². The molecule has 7 heteroatoms. The lowest BCUT2D eigenvalue weighted by atomic mass is 10.3. The summed E-state index contributed by atoms with van der Waals surface area (Å²) in [5.41, 5.74) is 4.72. The molecule has 0 saturated carbocycles. The van der Waals surface area contributed by atoms with E-state index >= 15 is 0 Å². The van der Waals surface area contributed by atoms with E-state index in [1.165, 1.54) is 0 Å². The number of aliphatic hydroxyl groups excluding tert-OH is 3. The van der Waals surface area contributed by atoms with Crippen LogP contribution in [0.3, 0.4) is 0 Å². The number of rotatable bonds is 8. The van der Waals surface area contributed by atoms with Crippen LogP contribution < -0.4 is 5.73 Å². The Balaban J connectivity index is 3.76. The highest BCUT2D eigenvalue weighted by Crippen LogP contribution is 1.93. The van der Waals surface area contributed by atoms with Gasteiger partial charge in [-0.05, 0) is 0 Å². The molecule has 0 heterocycles. The van der Waals surface area contributed by atoms with E-state index in [4.69, 9.17) is 15.9 Å². The maximum absolute atomic E-state index is 10.2. The van der Waals surface area contributed by atoms with Crippen molar-refractivity contribution in [2.45, 2.75) is 6.10 Å². The first-order valence-electron chi connectivity index (χ1n) is 4.64. The Bertz CT molecular complexity index is 172. The molecule has 0 aromatic carbocycles. The highest BCUT2D eigenvalue weighted by molar-refractivity contribution is 5.64. The third-order valence-electron chi connectivity index (χ3n) is 1.72. The van der Waals surface area contributed by atoms with Gasteiger partial charge in [0.2, 0.25) is 0 Å². The lowest BCUT2D eigenvalue weighted by Gasteiger charge is -2.22. The fourth-order valence-corrected chi connectivity index (χ4v) is 1.11. The zero-order valence-electron chi connectivity index (χ0n) is 8.50. The molecule has 0 saturated heterocycles. The van der Waals surface area contributed by atoms with Gasteiger partial charge in [0.15, 0.2) is 0 Å². The summed E-state index contributed by atoms with van der Waals surface area (Å²) in [7, 11) is 0. The number of nitrogens with zero attached hydrogens (tertiary/aromatic N) is 1. The second-order valence-corrected chi connectivity index (χ2v) is 3.03. The topological polar surface area (TPSA) is 116 Å². The van der Waals surface area contributed by atoms with E-state index < -0.39 is 12.2 Å². The summed E-state index contributed by atoms with van der Waals surface area (Å²) in [6.45, 7) is 0.562. The van der Waals surface area contributed by atoms with Gasteiger partial charge in [0, 0.05) is 19.6 Å². The number of primary amides is 1. The molecule has 7 nitrogen and oxygen atoms in total. The van der Waals surface area contributed by atoms with Gasteiger partial charge in [-0.3, -0.25) is 4.90 Å². The summed E-state index contributed by atoms with van der Waals surface area (Å²) in [6, 6.07) is 0. The molecule has 0 aliphatic carbocycles. The Morgan fingerprint density at radius 2 is 1.87 bits per heavy atom. The van der Waals surface area contributed by atoms with Crippen molar-refractivity contribution < 1.29 is 24.9 Å². The fourth-order valence-electron chi connectivity index (χ4n) is 1.11. The van der Waals surface area contributed by atoms with E-state index in [9.17, 15) is 9.90 Å². The van der Waals surface area contributed by atoms with Gasteiger partial charge in [-0.2, -0.15) is 0 Å². The Morgan fingerprint density at radius 1 is 1.33 bits per heavy atom. The van der Waals surface area contributed by atoms with E-state index in [0.29, 0.717) is 13.1 Å². The van der Waals surface area contributed by atoms with Gasteiger partial charge in [-0.15, -0.1) is 0 Å². The SMILES string of the molecule is NC(=O)OCC(O)CN(CCO)CCO. The highest BCUT2D eigenvalue weighted by atomic mass is 16.6. The minimum atomic E-state index is -0.940. The first-order valence-corrected chi connectivity index (χ1v) is 4.64. The minimum Gasteiger partial charge on any atom is -0.447 e. The molecule has 0 fully saturated rings. The van der Waals surface area contributed by atoms with Crippen LogP contribution in [0.1, 0.15) is 0 Å². The molecular formula is C8H18N2O5. The predicted molar refractivity (Wildman–Crippen MR) is 52.2 cm³/mol. The standard InChI is InChI=1S/C8H18N2O5/c9-8(14)15-6-7(13)5-10(1-3-11)2-4-12/h7,11-13H,1-6H2,(H2,9,14). The van der Waals surface area contributed by atoms with Crippen molar-refractivity contribution in [3.63, 3.8) is 0 Å². The summed E-state index contributed by atoms with van der Waals surface area (Å²) in [4.78, 5) is 11.9. The molecule has 0 bridgehead atoms. The second kappa shape index (κ2) is 8.42. The molecule has 1 unspecified atom stereocenters. The summed E-state index contributed by atoms with van der Waals surface area (Å²) >= 11 is 0. The zero-order chi connectivity index (χ0) is 11.7. The Hall–Kier alpha value is -0.890. The largest absolute Gasteiger partial charge is 0.447 e. The number of nitrogens with two attached hydrogens (primary N) is 1. The number of hydrogen-bond acceptors (Lipinski definition) is 6. The molecule has 90 valence electrons. The van der Waals surface area contributed by atoms with Crippen molar-refractivity contribution in [2.24, 2.45) is 5.73 Å². The monoisotopic (exact) mass is 222 g/mol. The van der Waals surface area contributed by atoms with Crippen molar-refractivity contribution >= 4 is 6.09 Å². The van der Waals surface area contributed by atoms with Crippen molar-refractivity contribution in [3.05, 3.63) is 0 Å². The number of hydrogen-bond donors (Lipinski definition) is 4. The van der Waals surface area contributed by atoms with E-state index in [0.717, 1.165) is 0 Å². The lowest BCUT2D eigenvalue weighted by molar-refractivity contribution is 0.0382. The fraction of sp³-hybridized carbons (Fsp3) is 0.875. The van der Waals surface area contributed by atoms with E-state index in [-0.39, 0.29) is 26.4 Å². The number of aliphatic hydroxyl groups is 3. The summed E-state index contributed by atoms with van der Waals surface area (Å²) < 4.78 is 4.40. The minimum absolute atomic E-state index is 0.0661. The molecule has 5 N–H and O–H groups in total. The first kappa shape index (κ1) is 14.1. The zero-order valence-corrected chi connectivity index (χ0v) is 8.50. The smallest absolute Gasteiger partial charge is 0.404 e. The van der Waals surface area contributed by atoms with Crippen LogP contribution in [-0.2, 0) is 4.74 Å². The third kappa shape index (κ3) is 8.13. The van der Waals surface area contributed by atoms with Crippen LogP contribution in [0.2, 0.25) is 0 Å². The molecule has 0 spiro atoms. The Morgan fingerprint density at radius 3 is 2.27 bits per heavy atom. The van der Waals surface area contributed by atoms with Crippen LogP contribution in [0.15, 0.2) is 0 Å². The highest BCUT2D eigenvalue weighted by Gasteiger charge is 2.12. The van der Waals surface area contributed by atoms with Crippen molar-refractivity contribution in [3.8, 4) is 0 Å². The molecule has 0 aliphatic rings. The van der Waals surface area contributed by atoms with Gasteiger partial charge in [0.05, 0.1) is 13.2 Å². The van der Waals surface area contributed by atoms with Crippen LogP contribution >= 0.6 is 0 Å². The van der Waals surface area contributed by atoms with Crippen LogP contribution in [0.25, 0.3) is 0 Å². The summed E-state index contributed by atoms with van der Waals surface area (Å²) in [6.07, 6.45) is -1.82. The van der Waals surface area contributed by atoms with Gasteiger partial charge in [0.25, 0.3) is 0 Å². The van der Waals surface area contributed by atoms with Crippen molar-refractivity contribution in [1.82, 2.24) is 4.90 Å². The predicted octanol–water partition coefficient (Wildman–Crippen LogP) is -2.27. The molecule has 0 aliphatic heterocycles. The quantitative estimate of drug-likeness (QED) is 0.368. The Labute approximate surface area is 88.1 Å². The summed E-state index contributed by atoms with van der Waals surface area (Å²) in [5.74, 6) is 0. The van der Waals surface area contributed by atoms with Gasteiger partial charge >= 0.3 is 6.09 Å². The van der Waals surface area contributed by atoms with E-state index in [1.54, 1.807) is 4.90 Å². The van der Waals surface area contributed by atoms with E-state index in [1.807, 2.05) is 0 Å². The number of carbonyl (C=O) groups excluding carboxylic acids is 1. The van der Waals surface area contributed by atoms with Gasteiger partial charge < -0.3 is 25.8 Å². The van der Waals surface area contributed by atoms with Crippen LogP contribution in [0, 0.1) is 0 Å². The third-order valence-corrected chi connectivity index (χ3v) is 1.72. The van der Waals surface area contributed by atoms with Crippen LogP contribution in [-0.4, -0.2) is 71.9 Å². The Kier molecular flexibility index (Phi) is 7.92. The maximum Gasteiger partial charge on any atom is 0.404 e. The molecule has 15 heavy (non-hydrogen) atoms. The molecule has 1 atom stereocenters. The van der Waals surface area contributed by atoms with E-state index in [2.05, 4.69) is 4.74 Å². The second-order valence-electron chi connectivity index (χ2n) is 3.03. The molecular weight excluding hydrogens is 204 g/mol. The van der Waals surface area contributed by atoms with Gasteiger partial charge in [-0.25, -0.2) is 4.79 Å². The normalized spacial score (nSPS) is 12.8. The van der Waals surface area contributed by atoms with Crippen LogP contribution in [0.4, 0.5) is 4.79 Å². The molecule has 0 aromatic heterocycles. The average Bonchev–Trinajstić information content (AvgIpc) is 2.15. The van der Waals surface area contributed by atoms with Crippen LogP contribution in [0.5, 0.6) is 0 Å². The number of carbonyl (C=O) groups is 1. The first-order chi connectivity index (χ1) is 7.10. The molecule has 1 amide bonds. The van der Waals surface area contributed by atoms with Crippen molar-refractivity contribution in [2.75, 3.05) is 39.5 Å². The molecule has 0 radical (unpaired) electrons. The average molecular weight is 222 g/mol.